The second-order valence-electron chi connectivity index (χ2n) is 9.61. The number of ketones is 1. The molecule has 0 N–H and O–H groups in total. The maximum absolute atomic E-state index is 13.0. The van der Waals surface area contributed by atoms with Crippen LogP contribution < -0.4 is 4.90 Å². The van der Waals surface area contributed by atoms with Crippen LogP contribution in [0.1, 0.15) is 56.5 Å². The van der Waals surface area contributed by atoms with Gasteiger partial charge in [-0.05, 0) is 60.1 Å². The number of benzene rings is 2. The third-order valence-electron chi connectivity index (χ3n) is 7.66. The Labute approximate surface area is 196 Å². The Balaban J connectivity index is 1.27. The van der Waals surface area contributed by atoms with Gasteiger partial charge in [-0.15, -0.1) is 0 Å². The quantitative estimate of drug-likeness (QED) is 0.211. The van der Waals surface area contributed by atoms with Crippen LogP contribution in [0.2, 0.25) is 0 Å². The number of ether oxygens (including phenoxy) is 1. The van der Waals surface area contributed by atoms with Crippen LogP contribution in [0.25, 0.3) is 0 Å². The highest BCUT2D eigenvalue weighted by Gasteiger charge is 2.42. The Morgan fingerprint density at radius 3 is 2.09 bits per heavy atom. The monoisotopic (exact) mass is 456 g/mol. The first-order chi connectivity index (χ1) is 16.5. The summed E-state index contributed by atoms with van der Waals surface area (Å²) < 4.78 is 5.41. The highest BCUT2D eigenvalue weighted by atomic mass is 16.6. The lowest BCUT2D eigenvalue weighted by Crippen LogP contribution is -2.43. The van der Waals surface area contributed by atoms with Crippen molar-refractivity contribution in [2.24, 2.45) is 11.8 Å². The molecule has 0 unspecified atom stereocenters. The topological polar surface area (TPSA) is 89.8 Å². The lowest BCUT2D eigenvalue weighted by Gasteiger charge is -2.46. The molecule has 2 aromatic rings. The number of anilines is 1. The lowest BCUT2D eigenvalue weighted by molar-refractivity contribution is -0.384. The molecule has 0 amide bonds. The Hall–Kier alpha value is -3.74. The molecule has 0 radical (unpaired) electrons. The van der Waals surface area contributed by atoms with Crippen LogP contribution in [0.3, 0.4) is 0 Å². The van der Waals surface area contributed by atoms with E-state index in [4.69, 9.17) is 4.74 Å². The number of nitro benzene ring substituents is 1. The van der Waals surface area contributed by atoms with Crippen molar-refractivity contribution in [1.29, 1.82) is 0 Å². The Morgan fingerprint density at radius 1 is 0.941 bits per heavy atom. The molecule has 7 heteroatoms. The van der Waals surface area contributed by atoms with Crippen molar-refractivity contribution in [3.63, 3.8) is 0 Å². The van der Waals surface area contributed by atoms with Gasteiger partial charge in [-0.3, -0.25) is 14.9 Å². The van der Waals surface area contributed by atoms with Crippen molar-refractivity contribution in [1.82, 2.24) is 0 Å². The number of hydrogen-bond acceptors (Lipinski definition) is 6. The average molecular weight is 456 g/mol. The standard InChI is InChI=1S/C27H24N2O5/c30-25(16-7-9-20(10-8-16)29(32)33)15-34-27(31)19-11-23-21-5-1-3-17(21)13-28-14-18-4-2-6-22(18)24(12-19)26(23)28/h1-2,5-12,17-18,21-22H,3-4,13-15H2/t17-,18+,21+,22-. The number of nitro groups is 1. The van der Waals surface area contributed by atoms with Crippen molar-refractivity contribution in [2.45, 2.75) is 24.7 Å². The van der Waals surface area contributed by atoms with Gasteiger partial charge in [-0.25, -0.2) is 4.79 Å². The number of nitrogens with zero attached hydrogens (tertiary/aromatic N) is 2. The van der Waals surface area contributed by atoms with Crippen molar-refractivity contribution >= 4 is 23.1 Å². The number of carbonyl (C=O) groups is 2. The minimum Gasteiger partial charge on any atom is -0.454 e. The Kier molecular flexibility index (Phi) is 4.86. The molecule has 0 spiro atoms. The zero-order valence-electron chi connectivity index (χ0n) is 18.6. The minimum atomic E-state index is -0.522. The fourth-order valence-electron chi connectivity index (χ4n) is 6.06. The van der Waals surface area contributed by atoms with Gasteiger partial charge in [0.05, 0.1) is 10.5 Å². The van der Waals surface area contributed by atoms with E-state index in [1.165, 1.54) is 41.1 Å². The number of rotatable bonds is 5. The first-order valence-electron chi connectivity index (χ1n) is 11.7. The van der Waals surface area contributed by atoms with E-state index in [9.17, 15) is 19.7 Å². The molecule has 6 rings (SSSR count). The molecule has 4 aliphatic rings. The van der Waals surface area contributed by atoms with E-state index in [-0.39, 0.29) is 11.3 Å². The Bertz CT molecular complexity index is 1210. The van der Waals surface area contributed by atoms with Gasteiger partial charge in [-0.1, -0.05) is 24.3 Å². The normalized spacial score (nSPS) is 25.5. The summed E-state index contributed by atoms with van der Waals surface area (Å²) in [6.45, 7) is 1.69. The number of allylic oxidation sites excluding steroid dienone is 4. The molecule has 4 atom stereocenters. The van der Waals surface area contributed by atoms with Gasteiger partial charge in [0.25, 0.3) is 5.69 Å². The summed E-state index contributed by atoms with van der Waals surface area (Å²) in [5, 5.41) is 10.8. The molecule has 0 bridgehead atoms. The number of Topliss-reactive ketones (excluding diaryl/α,β-unsaturated/α-hetero) is 1. The molecule has 2 heterocycles. The van der Waals surface area contributed by atoms with E-state index in [1.54, 1.807) is 0 Å². The van der Waals surface area contributed by atoms with Gasteiger partial charge in [0, 0.05) is 48.3 Å². The van der Waals surface area contributed by atoms with Crippen LogP contribution >= 0.6 is 0 Å². The molecule has 172 valence electrons. The van der Waals surface area contributed by atoms with Gasteiger partial charge in [0.2, 0.25) is 0 Å². The van der Waals surface area contributed by atoms with E-state index in [0.717, 1.165) is 25.9 Å². The summed E-state index contributed by atoms with van der Waals surface area (Å²) in [7, 11) is 0. The van der Waals surface area contributed by atoms with E-state index in [1.807, 2.05) is 12.1 Å². The van der Waals surface area contributed by atoms with Crippen LogP contribution in [-0.4, -0.2) is 36.4 Å². The van der Waals surface area contributed by atoms with Crippen molar-refractivity contribution in [3.8, 4) is 0 Å². The number of esters is 1. The van der Waals surface area contributed by atoms with Crippen LogP contribution in [-0.2, 0) is 4.74 Å². The summed E-state index contributed by atoms with van der Waals surface area (Å²) in [6, 6.07) is 9.21. The van der Waals surface area contributed by atoms with Gasteiger partial charge in [0.1, 0.15) is 0 Å². The largest absolute Gasteiger partial charge is 0.454 e. The van der Waals surface area contributed by atoms with Crippen molar-refractivity contribution < 1.29 is 19.2 Å². The van der Waals surface area contributed by atoms with E-state index in [2.05, 4.69) is 29.2 Å². The fourth-order valence-corrected chi connectivity index (χ4v) is 6.06. The second kappa shape index (κ2) is 7.94. The molecular formula is C27H24N2O5. The maximum Gasteiger partial charge on any atom is 0.338 e. The van der Waals surface area contributed by atoms with Gasteiger partial charge >= 0.3 is 5.97 Å². The maximum atomic E-state index is 13.0. The molecule has 2 aliphatic carbocycles. The first-order valence-corrected chi connectivity index (χ1v) is 11.7. The molecule has 2 aliphatic heterocycles. The summed E-state index contributed by atoms with van der Waals surface area (Å²) in [5.74, 6) is 0.755. The van der Waals surface area contributed by atoms with Crippen molar-refractivity contribution in [3.05, 3.63) is 93.1 Å². The SMILES string of the molecule is O=C(COC(=O)c1cc2c3c(c1)[C@@H]1C=CC[C@H]1CN3C[C@H]1CC=C[C@H]21)c1ccc([N+](=O)[O-])cc1. The van der Waals surface area contributed by atoms with Crippen LogP contribution in [0, 0.1) is 22.0 Å². The number of non-ortho nitro benzene ring substituents is 1. The number of fused-ring (bicyclic) bond motifs is 4. The molecule has 34 heavy (non-hydrogen) atoms. The minimum absolute atomic E-state index is 0.0934. The van der Waals surface area contributed by atoms with Crippen LogP contribution in [0.15, 0.2) is 60.7 Å². The van der Waals surface area contributed by atoms with Gasteiger partial charge < -0.3 is 9.64 Å². The predicted octanol–water partition coefficient (Wildman–Crippen LogP) is 4.79. The molecule has 7 nitrogen and oxygen atoms in total. The summed E-state index contributed by atoms with van der Waals surface area (Å²) in [4.78, 5) is 38.3. The number of hydrogen-bond donors (Lipinski definition) is 0. The Morgan fingerprint density at radius 2 is 1.53 bits per heavy atom. The highest BCUT2D eigenvalue weighted by molar-refractivity contribution is 5.99. The van der Waals surface area contributed by atoms with E-state index < -0.39 is 23.3 Å². The molecule has 0 aromatic heterocycles. The van der Waals surface area contributed by atoms with Gasteiger partial charge in [0.15, 0.2) is 12.4 Å². The molecular weight excluding hydrogens is 432 g/mol. The first kappa shape index (κ1) is 20.8. The average Bonchev–Trinajstić information content (AvgIpc) is 3.52. The van der Waals surface area contributed by atoms with Crippen molar-refractivity contribution in [2.75, 3.05) is 24.6 Å². The van der Waals surface area contributed by atoms with E-state index in [0.29, 0.717) is 29.2 Å². The summed E-state index contributed by atoms with van der Waals surface area (Å²) in [5.41, 5.74) is 4.31. The smallest absolute Gasteiger partial charge is 0.338 e. The van der Waals surface area contributed by atoms with Gasteiger partial charge in [-0.2, -0.15) is 0 Å². The third-order valence-corrected chi connectivity index (χ3v) is 7.66. The van der Waals surface area contributed by atoms with Crippen LogP contribution in [0.4, 0.5) is 11.4 Å². The second-order valence-corrected chi connectivity index (χ2v) is 9.61. The highest BCUT2D eigenvalue weighted by Crippen LogP contribution is 2.53. The fraction of sp³-hybridized carbons (Fsp3) is 0.333. The lowest BCUT2D eigenvalue weighted by atomic mass is 9.74. The van der Waals surface area contributed by atoms with E-state index >= 15 is 0 Å². The number of carbonyl (C=O) groups excluding carboxylic acids is 2. The predicted molar refractivity (Wildman–Crippen MR) is 126 cm³/mol. The zero-order valence-corrected chi connectivity index (χ0v) is 18.6. The third kappa shape index (κ3) is 3.34. The molecule has 0 saturated carbocycles. The molecule has 2 aromatic carbocycles. The summed E-state index contributed by atoms with van der Waals surface area (Å²) >= 11 is 0. The zero-order chi connectivity index (χ0) is 23.4. The molecule has 0 saturated heterocycles. The summed E-state index contributed by atoms with van der Waals surface area (Å²) in [6.07, 6.45) is 11.1. The van der Waals surface area contributed by atoms with Crippen LogP contribution in [0.5, 0.6) is 0 Å². The molecule has 0 fully saturated rings.